The summed E-state index contributed by atoms with van der Waals surface area (Å²) in [6.07, 6.45) is 3.71. The topological polar surface area (TPSA) is 58.6 Å². The Hall–Kier alpha value is -1.55. The molecular formula is C15H21NO3. The molecule has 0 saturated carbocycles. The molecule has 0 aromatic heterocycles. The third-order valence-electron chi connectivity index (χ3n) is 3.50. The average Bonchev–Trinajstić information content (AvgIpc) is 2.44. The standard InChI is InChI=1S/C15H21NO3/c1-16-15(18)6-3-9-19-12-8-7-11-4-2-5-14(17)13(11)10-12/h7-8,10,14,17H,2-6,9H2,1H3,(H,16,18)/t14-/m1/s1. The van der Waals surface area contributed by atoms with Gasteiger partial charge >= 0.3 is 0 Å². The third-order valence-corrected chi connectivity index (χ3v) is 3.50. The predicted molar refractivity (Wildman–Crippen MR) is 73.1 cm³/mol. The van der Waals surface area contributed by atoms with Crippen LogP contribution in [-0.2, 0) is 11.2 Å². The van der Waals surface area contributed by atoms with Gasteiger partial charge in [0.15, 0.2) is 0 Å². The number of rotatable bonds is 5. The number of fused-ring (bicyclic) bond motifs is 1. The highest BCUT2D eigenvalue weighted by atomic mass is 16.5. The SMILES string of the molecule is CNC(=O)CCCOc1ccc2c(c1)[C@H](O)CCC2. The minimum atomic E-state index is -0.363. The van der Waals surface area contributed by atoms with Crippen LogP contribution in [0.2, 0.25) is 0 Å². The lowest BCUT2D eigenvalue weighted by molar-refractivity contribution is -0.120. The maximum atomic E-state index is 11.1. The minimum absolute atomic E-state index is 0.0319. The first kappa shape index (κ1) is 13.9. The van der Waals surface area contributed by atoms with Crippen molar-refractivity contribution in [1.29, 1.82) is 0 Å². The van der Waals surface area contributed by atoms with Gasteiger partial charge in [-0.1, -0.05) is 6.07 Å². The molecular weight excluding hydrogens is 242 g/mol. The maximum absolute atomic E-state index is 11.1. The van der Waals surface area contributed by atoms with E-state index in [4.69, 9.17) is 4.74 Å². The Labute approximate surface area is 113 Å². The highest BCUT2D eigenvalue weighted by molar-refractivity contribution is 5.75. The van der Waals surface area contributed by atoms with Crippen LogP contribution in [0.1, 0.15) is 42.9 Å². The maximum Gasteiger partial charge on any atom is 0.219 e. The molecule has 1 amide bonds. The van der Waals surface area contributed by atoms with E-state index in [-0.39, 0.29) is 12.0 Å². The fourth-order valence-corrected chi connectivity index (χ4v) is 2.39. The summed E-state index contributed by atoms with van der Waals surface area (Å²) in [5.41, 5.74) is 2.21. The minimum Gasteiger partial charge on any atom is -0.494 e. The molecule has 2 rings (SSSR count). The van der Waals surface area contributed by atoms with Crippen molar-refractivity contribution in [3.05, 3.63) is 29.3 Å². The molecule has 1 aromatic carbocycles. The second-order valence-corrected chi connectivity index (χ2v) is 4.89. The van der Waals surface area contributed by atoms with Crippen LogP contribution in [0.4, 0.5) is 0 Å². The van der Waals surface area contributed by atoms with Crippen LogP contribution in [0.5, 0.6) is 5.75 Å². The number of hydrogen-bond acceptors (Lipinski definition) is 3. The van der Waals surface area contributed by atoms with E-state index in [0.717, 1.165) is 30.6 Å². The van der Waals surface area contributed by atoms with Gasteiger partial charge in [-0.05, 0) is 48.9 Å². The van der Waals surface area contributed by atoms with Gasteiger partial charge in [-0.3, -0.25) is 4.79 Å². The third kappa shape index (κ3) is 3.70. The van der Waals surface area contributed by atoms with Crippen LogP contribution in [-0.4, -0.2) is 24.7 Å². The average molecular weight is 263 g/mol. The van der Waals surface area contributed by atoms with Gasteiger partial charge in [0.25, 0.3) is 0 Å². The number of aryl methyl sites for hydroxylation is 1. The van der Waals surface area contributed by atoms with Gasteiger partial charge in [0.1, 0.15) is 5.75 Å². The number of aliphatic hydroxyl groups excluding tert-OH is 1. The number of carbonyl (C=O) groups excluding carboxylic acids is 1. The Morgan fingerprint density at radius 2 is 2.37 bits per heavy atom. The molecule has 0 fully saturated rings. The van der Waals surface area contributed by atoms with Crippen LogP contribution < -0.4 is 10.1 Å². The van der Waals surface area contributed by atoms with Crippen LogP contribution in [0, 0.1) is 0 Å². The molecule has 0 spiro atoms. The van der Waals surface area contributed by atoms with Crippen molar-refractivity contribution in [1.82, 2.24) is 5.32 Å². The van der Waals surface area contributed by atoms with Gasteiger partial charge < -0.3 is 15.2 Å². The number of aliphatic hydroxyl groups is 1. The zero-order valence-electron chi connectivity index (χ0n) is 11.3. The second-order valence-electron chi connectivity index (χ2n) is 4.89. The lowest BCUT2D eigenvalue weighted by Crippen LogP contribution is -2.18. The highest BCUT2D eigenvalue weighted by Crippen LogP contribution is 2.32. The van der Waals surface area contributed by atoms with Crippen molar-refractivity contribution in [2.24, 2.45) is 0 Å². The zero-order chi connectivity index (χ0) is 13.7. The van der Waals surface area contributed by atoms with Crippen molar-refractivity contribution < 1.29 is 14.6 Å². The van der Waals surface area contributed by atoms with Gasteiger partial charge in [0.05, 0.1) is 12.7 Å². The molecule has 104 valence electrons. The van der Waals surface area contributed by atoms with Crippen molar-refractivity contribution in [3.8, 4) is 5.75 Å². The highest BCUT2D eigenvalue weighted by Gasteiger charge is 2.18. The molecule has 1 atom stereocenters. The molecule has 0 aliphatic heterocycles. The number of hydrogen-bond donors (Lipinski definition) is 2. The van der Waals surface area contributed by atoms with E-state index in [1.165, 1.54) is 5.56 Å². The van der Waals surface area contributed by atoms with Gasteiger partial charge in [0, 0.05) is 13.5 Å². The van der Waals surface area contributed by atoms with E-state index in [9.17, 15) is 9.90 Å². The van der Waals surface area contributed by atoms with Crippen molar-refractivity contribution in [2.75, 3.05) is 13.7 Å². The summed E-state index contributed by atoms with van der Waals surface area (Å²) < 4.78 is 5.62. The molecule has 4 nitrogen and oxygen atoms in total. The van der Waals surface area contributed by atoms with Gasteiger partial charge in [-0.25, -0.2) is 0 Å². The van der Waals surface area contributed by atoms with Crippen molar-refractivity contribution >= 4 is 5.91 Å². The van der Waals surface area contributed by atoms with E-state index < -0.39 is 0 Å². The Balaban J connectivity index is 1.88. The summed E-state index contributed by atoms with van der Waals surface area (Å²) >= 11 is 0. The number of benzene rings is 1. The zero-order valence-corrected chi connectivity index (χ0v) is 11.3. The molecule has 4 heteroatoms. The van der Waals surface area contributed by atoms with Crippen molar-refractivity contribution in [3.63, 3.8) is 0 Å². The predicted octanol–water partition coefficient (Wildman–Crippen LogP) is 1.96. The molecule has 1 aliphatic carbocycles. The molecule has 0 bridgehead atoms. The van der Waals surface area contributed by atoms with Crippen LogP contribution in [0.15, 0.2) is 18.2 Å². The van der Waals surface area contributed by atoms with Crippen LogP contribution in [0.3, 0.4) is 0 Å². The first-order chi connectivity index (χ1) is 9.20. The fourth-order valence-electron chi connectivity index (χ4n) is 2.39. The van der Waals surface area contributed by atoms with Crippen LogP contribution >= 0.6 is 0 Å². The normalized spacial score (nSPS) is 17.7. The number of nitrogens with one attached hydrogen (secondary N) is 1. The van der Waals surface area contributed by atoms with Crippen molar-refractivity contribution in [2.45, 2.75) is 38.2 Å². The molecule has 19 heavy (non-hydrogen) atoms. The second kappa shape index (κ2) is 6.57. The molecule has 0 heterocycles. The Bertz CT molecular complexity index is 445. The summed E-state index contributed by atoms with van der Waals surface area (Å²) in [4.78, 5) is 11.1. The Morgan fingerprint density at radius 1 is 1.53 bits per heavy atom. The number of ether oxygens (including phenoxy) is 1. The van der Waals surface area contributed by atoms with Gasteiger partial charge in [0.2, 0.25) is 5.91 Å². The Kier molecular flexibility index (Phi) is 4.80. The summed E-state index contributed by atoms with van der Waals surface area (Å²) in [6.45, 7) is 0.516. The summed E-state index contributed by atoms with van der Waals surface area (Å²) in [6, 6.07) is 5.90. The van der Waals surface area contributed by atoms with Gasteiger partial charge in [-0.2, -0.15) is 0 Å². The first-order valence-electron chi connectivity index (χ1n) is 6.85. The van der Waals surface area contributed by atoms with Gasteiger partial charge in [-0.15, -0.1) is 0 Å². The summed E-state index contributed by atoms with van der Waals surface area (Å²) in [5.74, 6) is 0.807. The molecule has 2 N–H and O–H groups in total. The molecule has 0 saturated heterocycles. The quantitative estimate of drug-likeness (QED) is 0.798. The van der Waals surface area contributed by atoms with E-state index in [2.05, 4.69) is 5.32 Å². The summed E-state index contributed by atoms with van der Waals surface area (Å²) in [5, 5.41) is 12.5. The number of amides is 1. The summed E-state index contributed by atoms with van der Waals surface area (Å²) in [7, 11) is 1.63. The lowest BCUT2D eigenvalue weighted by atomic mass is 9.89. The molecule has 0 unspecified atom stereocenters. The molecule has 1 aliphatic rings. The monoisotopic (exact) mass is 263 g/mol. The largest absolute Gasteiger partial charge is 0.494 e. The number of carbonyl (C=O) groups is 1. The molecule has 0 radical (unpaired) electrons. The van der Waals surface area contributed by atoms with E-state index >= 15 is 0 Å². The Morgan fingerprint density at radius 3 is 3.16 bits per heavy atom. The molecule has 1 aromatic rings. The lowest BCUT2D eigenvalue weighted by Gasteiger charge is -2.22. The van der Waals surface area contributed by atoms with E-state index in [1.54, 1.807) is 7.05 Å². The van der Waals surface area contributed by atoms with E-state index in [0.29, 0.717) is 19.4 Å². The van der Waals surface area contributed by atoms with E-state index in [1.807, 2.05) is 18.2 Å². The fraction of sp³-hybridized carbons (Fsp3) is 0.533. The van der Waals surface area contributed by atoms with Crippen LogP contribution in [0.25, 0.3) is 0 Å². The smallest absolute Gasteiger partial charge is 0.219 e. The first-order valence-corrected chi connectivity index (χ1v) is 6.85.